The van der Waals surface area contributed by atoms with Crippen molar-refractivity contribution in [1.82, 2.24) is 9.97 Å². The van der Waals surface area contributed by atoms with E-state index in [0.717, 1.165) is 36.1 Å². The van der Waals surface area contributed by atoms with Gasteiger partial charge in [-0.3, -0.25) is 0 Å². The van der Waals surface area contributed by atoms with Crippen molar-refractivity contribution >= 4 is 0 Å². The smallest absolute Gasteiger partial charge is 0.159 e. The normalized spacial score (nSPS) is 19.5. The van der Waals surface area contributed by atoms with Gasteiger partial charge in [-0.1, -0.05) is 46.0 Å². The van der Waals surface area contributed by atoms with Gasteiger partial charge in [-0.25, -0.2) is 9.97 Å². The molecule has 3 heteroatoms. The Labute approximate surface area is 171 Å². The molecular weight excluding hydrogens is 344 g/mol. The van der Waals surface area contributed by atoms with Crippen LogP contribution >= 0.6 is 0 Å². The molecule has 1 aliphatic rings. The van der Waals surface area contributed by atoms with Crippen LogP contribution in [0.4, 0.5) is 0 Å². The van der Waals surface area contributed by atoms with Crippen LogP contribution in [-0.4, -0.2) is 16.6 Å². The molecule has 1 saturated carbocycles. The Morgan fingerprint density at radius 2 is 1.54 bits per heavy atom. The maximum Gasteiger partial charge on any atom is 0.159 e. The summed E-state index contributed by atoms with van der Waals surface area (Å²) in [6.07, 6.45) is 17.0. The monoisotopic (exact) mass is 380 g/mol. The number of hydrogen-bond acceptors (Lipinski definition) is 3. The molecule has 0 N–H and O–H groups in total. The predicted molar refractivity (Wildman–Crippen MR) is 117 cm³/mol. The lowest BCUT2D eigenvalue weighted by Gasteiger charge is -2.27. The molecule has 0 unspecified atom stereocenters. The minimum absolute atomic E-state index is 0.643. The van der Waals surface area contributed by atoms with Gasteiger partial charge in [0.2, 0.25) is 0 Å². The Bertz CT molecular complexity index is 673. The van der Waals surface area contributed by atoms with Crippen LogP contribution in [0.2, 0.25) is 0 Å². The Morgan fingerprint density at radius 3 is 2.18 bits per heavy atom. The molecule has 1 aromatic carbocycles. The van der Waals surface area contributed by atoms with Crippen LogP contribution in [-0.2, 0) is 0 Å². The topological polar surface area (TPSA) is 35.0 Å². The maximum absolute atomic E-state index is 5.85. The lowest BCUT2D eigenvalue weighted by atomic mass is 9.78. The lowest BCUT2D eigenvalue weighted by Crippen LogP contribution is -2.13. The third kappa shape index (κ3) is 6.05. The van der Waals surface area contributed by atoms with Crippen molar-refractivity contribution in [3.63, 3.8) is 0 Å². The van der Waals surface area contributed by atoms with E-state index in [1.807, 2.05) is 24.5 Å². The van der Waals surface area contributed by atoms with Crippen LogP contribution in [0.5, 0.6) is 5.75 Å². The van der Waals surface area contributed by atoms with Crippen LogP contribution in [0.15, 0.2) is 36.7 Å². The molecule has 28 heavy (non-hydrogen) atoms. The second-order valence-corrected chi connectivity index (χ2v) is 8.25. The molecular formula is C25H36N2O. The molecule has 0 spiro atoms. The van der Waals surface area contributed by atoms with Crippen molar-refractivity contribution in [2.75, 3.05) is 6.61 Å². The van der Waals surface area contributed by atoms with Gasteiger partial charge < -0.3 is 4.74 Å². The number of rotatable bonds is 10. The number of unbranched alkanes of at least 4 members (excludes halogenated alkanes) is 4. The summed E-state index contributed by atoms with van der Waals surface area (Å²) in [6.45, 7) is 5.36. The number of nitrogens with zero attached hydrogens (tertiary/aromatic N) is 2. The average molecular weight is 381 g/mol. The fraction of sp³-hybridized carbons (Fsp3) is 0.600. The van der Waals surface area contributed by atoms with E-state index in [2.05, 4.69) is 35.9 Å². The Balaban J connectivity index is 1.48. The zero-order chi connectivity index (χ0) is 19.6. The number of ether oxygens (including phenoxy) is 1. The minimum atomic E-state index is 0.643. The highest BCUT2D eigenvalue weighted by Crippen LogP contribution is 2.36. The summed E-state index contributed by atoms with van der Waals surface area (Å²) in [4.78, 5) is 9.29. The van der Waals surface area contributed by atoms with Crippen LogP contribution in [0, 0.1) is 5.92 Å². The van der Waals surface area contributed by atoms with Crippen molar-refractivity contribution in [2.45, 2.75) is 84.0 Å². The molecule has 0 atom stereocenters. The van der Waals surface area contributed by atoms with Crippen LogP contribution in [0.25, 0.3) is 11.4 Å². The van der Waals surface area contributed by atoms with Crippen molar-refractivity contribution in [2.24, 2.45) is 5.92 Å². The van der Waals surface area contributed by atoms with Gasteiger partial charge in [0.25, 0.3) is 0 Å². The van der Waals surface area contributed by atoms with Gasteiger partial charge in [0, 0.05) is 18.0 Å². The number of aromatic nitrogens is 2. The van der Waals surface area contributed by atoms with Gasteiger partial charge in [-0.2, -0.15) is 0 Å². The molecule has 3 nitrogen and oxygen atoms in total. The molecule has 0 bridgehead atoms. The Morgan fingerprint density at radius 1 is 0.857 bits per heavy atom. The molecule has 152 valence electrons. The van der Waals surface area contributed by atoms with Crippen LogP contribution in [0.3, 0.4) is 0 Å². The van der Waals surface area contributed by atoms with E-state index in [-0.39, 0.29) is 0 Å². The molecule has 1 aliphatic carbocycles. The van der Waals surface area contributed by atoms with E-state index in [1.54, 1.807) is 0 Å². The zero-order valence-electron chi connectivity index (χ0n) is 17.7. The lowest BCUT2D eigenvalue weighted by molar-refractivity contribution is 0.304. The highest BCUT2D eigenvalue weighted by molar-refractivity contribution is 5.56. The summed E-state index contributed by atoms with van der Waals surface area (Å²) in [5.74, 6) is 3.30. The van der Waals surface area contributed by atoms with Gasteiger partial charge in [-0.05, 0) is 73.8 Å². The standard InChI is InChI=1S/C25H36N2O/c1-3-5-6-7-8-17-28-24-15-13-22(14-16-24)25-26-18-23(19-27-25)21-11-9-20(4-2)10-12-21/h13-16,18-21H,3-12,17H2,1-2H3/t20-,21-. The summed E-state index contributed by atoms with van der Waals surface area (Å²) < 4.78 is 5.85. The summed E-state index contributed by atoms with van der Waals surface area (Å²) in [6, 6.07) is 8.19. The fourth-order valence-corrected chi connectivity index (χ4v) is 4.20. The third-order valence-electron chi connectivity index (χ3n) is 6.20. The minimum Gasteiger partial charge on any atom is -0.494 e. The highest BCUT2D eigenvalue weighted by atomic mass is 16.5. The zero-order valence-corrected chi connectivity index (χ0v) is 17.7. The summed E-state index contributed by atoms with van der Waals surface area (Å²) in [5, 5.41) is 0. The first-order chi connectivity index (χ1) is 13.8. The van der Waals surface area contributed by atoms with Gasteiger partial charge in [0.1, 0.15) is 5.75 Å². The second-order valence-electron chi connectivity index (χ2n) is 8.25. The number of benzene rings is 1. The summed E-state index contributed by atoms with van der Waals surface area (Å²) in [5.41, 5.74) is 2.36. The Hall–Kier alpha value is -1.90. The second kappa shape index (κ2) is 11.2. The van der Waals surface area contributed by atoms with E-state index in [1.165, 1.54) is 63.4 Å². The molecule has 3 rings (SSSR count). The molecule has 0 aliphatic heterocycles. The molecule has 0 radical (unpaired) electrons. The number of hydrogen-bond donors (Lipinski definition) is 0. The van der Waals surface area contributed by atoms with E-state index >= 15 is 0 Å². The fourth-order valence-electron chi connectivity index (χ4n) is 4.20. The molecule has 1 heterocycles. The molecule has 2 aromatic rings. The quantitative estimate of drug-likeness (QED) is 0.410. The third-order valence-corrected chi connectivity index (χ3v) is 6.20. The van der Waals surface area contributed by atoms with E-state index in [9.17, 15) is 0 Å². The van der Waals surface area contributed by atoms with Crippen molar-refractivity contribution in [1.29, 1.82) is 0 Å². The molecule has 1 fully saturated rings. The van der Waals surface area contributed by atoms with E-state index in [0.29, 0.717) is 5.92 Å². The van der Waals surface area contributed by atoms with E-state index in [4.69, 9.17) is 4.74 Å². The largest absolute Gasteiger partial charge is 0.494 e. The average Bonchev–Trinajstić information content (AvgIpc) is 2.77. The van der Waals surface area contributed by atoms with Gasteiger partial charge in [-0.15, -0.1) is 0 Å². The summed E-state index contributed by atoms with van der Waals surface area (Å²) >= 11 is 0. The molecule has 1 aromatic heterocycles. The Kier molecular flexibility index (Phi) is 8.32. The molecule has 0 amide bonds. The molecule has 0 saturated heterocycles. The van der Waals surface area contributed by atoms with Gasteiger partial charge in [0.05, 0.1) is 6.61 Å². The van der Waals surface area contributed by atoms with Crippen LogP contribution in [0.1, 0.15) is 89.5 Å². The van der Waals surface area contributed by atoms with Gasteiger partial charge >= 0.3 is 0 Å². The van der Waals surface area contributed by atoms with Gasteiger partial charge in [0.15, 0.2) is 5.82 Å². The predicted octanol–water partition coefficient (Wildman–Crippen LogP) is 7.18. The van der Waals surface area contributed by atoms with Crippen LogP contribution < -0.4 is 4.74 Å². The SMILES string of the molecule is CCCCCCCOc1ccc(-c2ncc([C@H]3CC[C@H](CC)CC3)cn2)cc1. The first kappa shape index (κ1) is 20.8. The van der Waals surface area contributed by atoms with E-state index < -0.39 is 0 Å². The van der Waals surface area contributed by atoms with Crippen molar-refractivity contribution < 1.29 is 4.74 Å². The highest BCUT2D eigenvalue weighted by Gasteiger charge is 2.21. The first-order valence-corrected chi connectivity index (χ1v) is 11.3. The van der Waals surface area contributed by atoms with Crippen molar-refractivity contribution in [3.05, 3.63) is 42.2 Å². The van der Waals surface area contributed by atoms with Crippen molar-refractivity contribution in [3.8, 4) is 17.1 Å². The summed E-state index contributed by atoms with van der Waals surface area (Å²) in [7, 11) is 0. The maximum atomic E-state index is 5.85. The first-order valence-electron chi connectivity index (χ1n) is 11.3.